The predicted molar refractivity (Wildman–Crippen MR) is 113 cm³/mol. The Morgan fingerprint density at radius 2 is 1.83 bits per heavy atom. The number of fused-ring (bicyclic) bond motifs is 1. The molecule has 0 radical (unpaired) electrons. The topological polar surface area (TPSA) is 75.4 Å². The fourth-order valence-corrected chi connectivity index (χ4v) is 3.69. The van der Waals surface area contributed by atoms with Crippen molar-refractivity contribution in [3.05, 3.63) is 82.2 Å². The molecule has 6 nitrogen and oxygen atoms in total. The van der Waals surface area contributed by atoms with Crippen molar-refractivity contribution in [3.8, 4) is 17.0 Å². The standard InChI is InChI=1S/C22H20FN3O3.ClH/c1-22(2)13-25(11-14-6-8-15(23)9-7-14)21(29)18-20(28)19(27)16(12-26(18)22)17-5-3-4-10-24-17;/h3-10,12,28H,11,13H2,1-2H3;1H. The number of pyridine rings is 2. The first kappa shape index (κ1) is 21.5. The number of aromatic hydroxyl groups is 1. The summed E-state index contributed by atoms with van der Waals surface area (Å²) in [6, 6.07) is 11.1. The molecule has 1 aromatic carbocycles. The molecule has 1 amide bonds. The lowest BCUT2D eigenvalue weighted by Gasteiger charge is -2.41. The average Bonchev–Trinajstić information content (AvgIpc) is 2.70. The van der Waals surface area contributed by atoms with Gasteiger partial charge in [0.2, 0.25) is 5.43 Å². The molecule has 8 heteroatoms. The highest BCUT2D eigenvalue weighted by Gasteiger charge is 2.39. The van der Waals surface area contributed by atoms with Crippen LogP contribution in [-0.2, 0) is 12.1 Å². The number of halogens is 2. The molecular formula is C22H21ClFN3O3. The van der Waals surface area contributed by atoms with Gasteiger partial charge in [0.1, 0.15) is 5.82 Å². The highest BCUT2D eigenvalue weighted by Crippen LogP contribution is 2.32. The molecule has 30 heavy (non-hydrogen) atoms. The molecule has 156 valence electrons. The van der Waals surface area contributed by atoms with Crippen LogP contribution in [0.2, 0.25) is 0 Å². The molecule has 3 aromatic rings. The number of hydrogen-bond acceptors (Lipinski definition) is 4. The summed E-state index contributed by atoms with van der Waals surface area (Å²) in [6.45, 7) is 4.46. The minimum Gasteiger partial charge on any atom is -0.503 e. The van der Waals surface area contributed by atoms with Crippen LogP contribution >= 0.6 is 12.4 Å². The lowest BCUT2D eigenvalue weighted by molar-refractivity contribution is 0.0567. The van der Waals surface area contributed by atoms with Gasteiger partial charge >= 0.3 is 0 Å². The van der Waals surface area contributed by atoms with Gasteiger partial charge in [-0.05, 0) is 43.7 Å². The van der Waals surface area contributed by atoms with E-state index < -0.39 is 22.6 Å². The van der Waals surface area contributed by atoms with Crippen molar-refractivity contribution >= 4 is 18.3 Å². The van der Waals surface area contributed by atoms with Crippen molar-refractivity contribution in [2.45, 2.75) is 25.9 Å². The number of aromatic nitrogens is 2. The second-order valence-corrected chi connectivity index (χ2v) is 7.75. The summed E-state index contributed by atoms with van der Waals surface area (Å²) in [4.78, 5) is 31.6. The molecule has 1 aliphatic heterocycles. The summed E-state index contributed by atoms with van der Waals surface area (Å²) in [5, 5.41) is 10.7. The van der Waals surface area contributed by atoms with E-state index in [1.165, 1.54) is 12.1 Å². The zero-order chi connectivity index (χ0) is 20.8. The van der Waals surface area contributed by atoms with Crippen molar-refractivity contribution in [1.82, 2.24) is 14.5 Å². The van der Waals surface area contributed by atoms with Gasteiger partial charge in [-0.15, -0.1) is 12.4 Å². The molecular weight excluding hydrogens is 409 g/mol. The van der Waals surface area contributed by atoms with Gasteiger partial charge in [0.25, 0.3) is 5.91 Å². The molecule has 0 fully saturated rings. The SMILES string of the molecule is CC1(C)CN(Cc2ccc(F)cc2)C(=O)c2c(O)c(=O)c(-c3ccccn3)cn21.Cl. The summed E-state index contributed by atoms with van der Waals surface area (Å²) >= 11 is 0. The van der Waals surface area contributed by atoms with E-state index in [0.29, 0.717) is 12.2 Å². The molecule has 3 heterocycles. The van der Waals surface area contributed by atoms with E-state index >= 15 is 0 Å². The lowest BCUT2D eigenvalue weighted by Crippen LogP contribution is -2.51. The van der Waals surface area contributed by atoms with Gasteiger partial charge in [0.05, 0.1) is 16.8 Å². The van der Waals surface area contributed by atoms with Crippen LogP contribution < -0.4 is 5.43 Å². The molecule has 0 saturated carbocycles. The van der Waals surface area contributed by atoms with E-state index in [1.807, 2.05) is 13.8 Å². The molecule has 2 aromatic heterocycles. The summed E-state index contributed by atoms with van der Waals surface area (Å²) in [6.07, 6.45) is 3.16. The van der Waals surface area contributed by atoms with Crippen LogP contribution in [0.1, 0.15) is 29.9 Å². The van der Waals surface area contributed by atoms with Crippen molar-refractivity contribution in [1.29, 1.82) is 0 Å². The maximum Gasteiger partial charge on any atom is 0.274 e. The minimum absolute atomic E-state index is 0. The molecule has 0 atom stereocenters. The fraction of sp³-hybridized carbons (Fsp3) is 0.227. The smallest absolute Gasteiger partial charge is 0.274 e. The molecule has 0 saturated heterocycles. The maximum atomic E-state index is 13.2. The Kier molecular flexibility index (Phi) is 5.67. The number of carbonyl (C=O) groups is 1. The first-order valence-electron chi connectivity index (χ1n) is 9.22. The largest absolute Gasteiger partial charge is 0.503 e. The van der Waals surface area contributed by atoms with E-state index in [0.717, 1.165) is 5.56 Å². The Labute approximate surface area is 179 Å². The third-order valence-electron chi connectivity index (χ3n) is 5.13. The van der Waals surface area contributed by atoms with Gasteiger partial charge in [-0.1, -0.05) is 18.2 Å². The summed E-state index contributed by atoms with van der Waals surface area (Å²) in [5.74, 6) is -1.39. The fourth-order valence-electron chi connectivity index (χ4n) is 3.69. The molecule has 1 aliphatic rings. The summed E-state index contributed by atoms with van der Waals surface area (Å²) in [7, 11) is 0. The van der Waals surface area contributed by atoms with Gasteiger partial charge in [-0.3, -0.25) is 14.6 Å². The average molecular weight is 430 g/mol. The molecule has 1 N–H and O–H groups in total. The highest BCUT2D eigenvalue weighted by atomic mass is 35.5. The number of hydrogen-bond donors (Lipinski definition) is 1. The van der Waals surface area contributed by atoms with Crippen LogP contribution in [0.5, 0.6) is 5.75 Å². The highest BCUT2D eigenvalue weighted by molar-refractivity contribution is 5.96. The monoisotopic (exact) mass is 429 g/mol. The van der Waals surface area contributed by atoms with Crippen molar-refractivity contribution in [2.75, 3.05) is 6.54 Å². The second-order valence-electron chi connectivity index (χ2n) is 7.75. The number of amides is 1. The van der Waals surface area contributed by atoms with Gasteiger partial charge in [0, 0.05) is 25.5 Å². The minimum atomic E-state index is -0.636. The summed E-state index contributed by atoms with van der Waals surface area (Å²) < 4.78 is 14.8. The first-order chi connectivity index (χ1) is 13.8. The van der Waals surface area contributed by atoms with Crippen LogP contribution in [-0.4, -0.2) is 32.0 Å². The molecule has 0 aliphatic carbocycles. The van der Waals surface area contributed by atoms with Crippen LogP contribution in [0.3, 0.4) is 0 Å². The quantitative estimate of drug-likeness (QED) is 0.690. The maximum absolute atomic E-state index is 13.2. The predicted octanol–water partition coefficient (Wildman–Crippen LogP) is 3.57. The number of benzene rings is 1. The molecule has 0 bridgehead atoms. The van der Waals surface area contributed by atoms with Crippen molar-refractivity contribution in [3.63, 3.8) is 0 Å². The molecule has 4 rings (SSSR count). The van der Waals surface area contributed by atoms with Crippen LogP contribution in [0.4, 0.5) is 4.39 Å². The Morgan fingerprint density at radius 3 is 2.47 bits per heavy atom. The Balaban J connectivity index is 0.00000256. The molecule has 0 spiro atoms. The first-order valence-corrected chi connectivity index (χ1v) is 9.22. The Morgan fingerprint density at radius 1 is 1.13 bits per heavy atom. The Hall–Kier alpha value is -3.19. The van der Waals surface area contributed by atoms with Crippen molar-refractivity contribution in [2.24, 2.45) is 0 Å². The number of rotatable bonds is 3. The van der Waals surface area contributed by atoms with Crippen LogP contribution in [0, 0.1) is 5.82 Å². The van der Waals surface area contributed by atoms with E-state index in [9.17, 15) is 19.1 Å². The van der Waals surface area contributed by atoms with E-state index in [2.05, 4.69) is 4.98 Å². The Bertz CT molecular complexity index is 1140. The zero-order valence-corrected chi connectivity index (χ0v) is 17.3. The van der Waals surface area contributed by atoms with Gasteiger partial charge in [-0.2, -0.15) is 0 Å². The van der Waals surface area contributed by atoms with Crippen molar-refractivity contribution < 1.29 is 14.3 Å². The lowest BCUT2D eigenvalue weighted by atomic mass is 9.96. The van der Waals surface area contributed by atoms with E-state index in [1.54, 1.807) is 52.2 Å². The van der Waals surface area contributed by atoms with Gasteiger partial charge in [-0.25, -0.2) is 4.39 Å². The van der Waals surface area contributed by atoms with E-state index in [-0.39, 0.29) is 36.0 Å². The van der Waals surface area contributed by atoms with Gasteiger partial charge < -0.3 is 14.6 Å². The summed E-state index contributed by atoms with van der Waals surface area (Å²) in [5.41, 5.74) is 0.157. The van der Waals surface area contributed by atoms with Crippen LogP contribution in [0.15, 0.2) is 59.7 Å². The third-order valence-corrected chi connectivity index (χ3v) is 5.13. The van der Waals surface area contributed by atoms with Crippen LogP contribution in [0.25, 0.3) is 11.3 Å². The zero-order valence-electron chi connectivity index (χ0n) is 16.5. The second kappa shape index (κ2) is 7.91. The third kappa shape index (κ3) is 3.68. The number of carbonyl (C=O) groups excluding carboxylic acids is 1. The molecule has 0 unspecified atom stereocenters. The number of nitrogens with zero attached hydrogens (tertiary/aromatic N) is 3. The van der Waals surface area contributed by atoms with Gasteiger partial charge in [0.15, 0.2) is 11.4 Å². The van der Waals surface area contributed by atoms with E-state index in [4.69, 9.17) is 0 Å². The normalized spacial score (nSPS) is 14.8.